The van der Waals surface area contributed by atoms with Gasteiger partial charge in [-0.2, -0.15) is 0 Å². The molecule has 2 aromatic rings. The molecule has 1 saturated heterocycles. The van der Waals surface area contributed by atoms with E-state index in [0.29, 0.717) is 6.54 Å². The molecule has 4 nitrogen and oxygen atoms in total. The first kappa shape index (κ1) is 13.5. The van der Waals surface area contributed by atoms with Gasteiger partial charge >= 0.3 is 0 Å². The molecule has 0 atom stereocenters. The van der Waals surface area contributed by atoms with E-state index in [2.05, 4.69) is 21.6 Å². The second-order valence-corrected chi connectivity index (χ2v) is 6.08. The van der Waals surface area contributed by atoms with Gasteiger partial charge in [-0.3, -0.25) is 9.69 Å². The van der Waals surface area contributed by atoms with Gasteiger partial charge in [0.05, 0.1) is 4.88 Å². The zero-order chi connectivity index (χ0) is 13.8. The van der Waals surface area contributed by atoms with Crippen molar-refractivity contribution in [2.45, 2.75) is 0 Å². The highest BCUT2D eigenvalue weighted by atomic mass is 32.1. The van der Waals surface area contributed by atoms with Crippen LogP contribution in [0.25, 0.3) is 10.1 Å². The maximum absolute atomic E-state index is 12.1. The minimum atomic E-state index is 0.0429. The van der Waals surface area contributed by atoms with E-state index in [9.17, 15) is 4.79 Å². The molecule has 3 rings (SSSR count). The summed E-state index contributed by atoms with van der Waals surface area (Å²) in [5, 5.41) is 7.49. The predicted molar refractivity (Wildman–Crippen MR) is 83.5 cm³/mol. The van der Waals surface area contributed by atoms with Crippen LogP contribution in [-0.4, -0.2) is 50.1 Å². The van der Waals surface area contributed by atoms with Crippen LogP contribution in [0.15, 0.2) is 30.3 Å². The molecule has 5 heteroatoms. The highest BCUT2D eigenvalue weighted by Crippen LogP contribution is 2.24. The SMILES string of the molecule is O=C(NCCN1CCNCC1)c1cc2ccccc2s1. The molecule has 0 unspecified atom stereocenters. The number of carbonyl (C=O) groups is 1. The van der Waals surface area contributed by atoms with Crippen LogP contribution < -0.4 is 10.6 Å². The summed E-state index contributed by atoms with van der Waals surface area (Å²) in [5.74, 6) is 0.0429. The molecule has 1 aliphatic heterocycles. The van der Waals surface area contributed by atoms with Gasteiger partial charge in [-0.15, -0.1) is 11.3 Å². The smallest absolute Gasteiger partial charge is 0.261 e. The lowest BCUT2D eigenvalue weighted by Gasteiger charge is -2.26. The lowest BCUT2D eigenvalue weighted by Crippen LogP contribution is -2.46. The third-order valence-electron chi connectivity index (χ3n) is 3.57. The van der Waals surface area contributed by atoms with E-state index in [4.69, 9.17) is 0 Å². The first-order valence-corrected chi connectivity index (χ1v) is 7.84. The van der Waals surface area contributed by atoms with Crippen LogP contribution in [0.2, 0.25) is 0 Å². The zero-order valence-corrected chi connectivity index (χ0v) is 12.2. The Morgan fingerprint density at radius 2 is 2.10 bits per heavy atom. The van der Waals surface area contributed by atoms with Gasteiger partial charge < -0.3 is 10.6 Å². The molecule has 106 valence electrons. The largest absolute Gasteiger partial charge is 0.350 e. The average Bonchev–Trinajstić information content (AvgIpc) is 2.92. The molecule has 0 aliphatic carbocycles. The Balaban J connectivity index is 1.53. The Kier molecular flexibility index (Phi) is 4.30. The van der Waals surface area contributed by atoms with Gasteiger partial charge in [-0.25, -0.2) is 0 Å². The number of carbonyl (C=O) groups excluding carboxylic acids is 1. The van der Waals surface area contributed by atoms with Crippen molar-refractivity contribution in [2.75, 3.05) is 39.3 Å². The minimum absolute atomic E-state index is 0.0429. The summed E-state index contributed by atoms with van der Waals surface area (Å²) in [6.07, 6.45) is 0. The van der Waals surface area contributed by atoms with Gasteiger partial charge in [0.15, 0.2) is 0 Å². The van der Waals surface area contributed by atoms with Gasteiger partial charge in [0.2, 0.25) is 0 Å². The van der Waals surface area contributed by atoms with Gasteiger partial charge in [-0.05, 0) is 17.5 Å². The molecule has 0 radical (unpaired) electrons. The highest BCUT2D eigenvalue weighted by molar-refractivity contribution is 7.20. The van der Waals surface area contributed by atoms with E-state index in [1.54, 1.807) is 11.3 Å². The molecule has 1 fully saturated rings. The van der Waals surface area contributed by atoms with Crippen molar-refractivity contribution in [2.24, 2.45) is 0 Å². The van der Waals surface area contributed by atoms with Crippen LogP contribution in [-0.2, 0) is 0 Å². The molecule has 1 amide bonds. The van der Waals surface area contributed by atoms with Crippen LogP contribution >= 0.6 is 11.3 Å². The number of benzene rings is 1. The van der Waals surface area contributed by atoms with Gasteiger partial charge in [0.25, 0.3) is 5.91 Å². The maximum Gasteiger partial charge on any atom is 0.261 e. The Bertz CT molecular complexity index is 557. The number of nitrogens with one attached hydrogen (secondary N) is 2. The number of nitrogens with zero attached hydrogens (tertiary/aromatic N) is 1. The van der Waals surface area contributed by atoms with Crippen molar-refractivity contribution in [1.29, 1.82) is 0 Å². The summed E-state index contributed by atoms with van der Waals surface area (Å²) in [7, 11) is 0. The molecule has 0 spiro atoms. The normalized spacial score (nSPS) is 16.4. The van der Waals surface area contributed by atoms with Crippen LogP contribution in [0, 0.1) is 0 Å². The minimum Gasteiger partial charge on any atom is -0.350 e. The van der Waals surface area contributed by atoms with Crippen LogP contribution in [0.4, 0.5) is 0 Å². The van der Waals surface area contributed by atoms with E-state index in [1.807, 2.05) is 24.3 Å². The first-order valence-electron chi connectivity index (χ1n) is 7.03. The molecule has 1 aromatic heterocycles. The van der Waals surface area contributed by atoms with Crippen LogP contribution in [0.1, 0.15) is 9.67 Å². The fourth-order valence-electron chi connectivity index (χ4n) is 2.44. The third kappa shape index (κ3) is 3.17. The molecule has 20 heavy (non-hydrogen) atoms. The molecule has 2 N–H and O–H groups in total. The molecular formula is C15H19N3OS. The number of fused-ring (bicyclic) bond motifs is 1. The summed E-state index contributed by atoms with van der Waals surface area (Å²) in [6.45, 7) is 5.87. The predicted octanol–water partition coefficient (Wildman–Crippen LogP) is 1.54. The summed E-state index contributed by atoms with van der Waals surface area (Å²) in [4.78, 5) is 15.3. The van der Waals surface area contributed by atoms with Gasteiger partial charge in [0.1, 0.15) is 0 Å². The van der Waals surface area contributed by atoms with E-state index in [1.165, 1.54) is 4.70 Å². The van der Waals surface area contributed by atoms with E-state index in [-0.39, 0.29) is 5.91 Å². The van der Waals surface area contributed by atoms with Crippen LogP contribution in [0.5, 0.6) is 0 Å². The van der Waals surface area contributed by atoms with Gasteiger partial charge in [0, 0.05) is 44.0 Å². The number of hydrogen-bond acceptors (Lipinski definition) is 4. The Labute approximate surface area is 122 Å². The highest BCUT2D eigenvalue weighted by Gasteiger charge is 2.12. The summed E-state index contributed by atoms with van der Waals surface area (Å²) >= 11 is 1.56. The van der Waals surface area contributed by atoms with Crippen molar-refractivity contribution in [3.05, 3.63) is 35.2 Å². The number of rotatable bonds is 4. The summed E-state index contributed by atoms with van der Waals surface area (Å²) < 4.78 is 1.17. The second-order valence-electron chi connectivity index (χ2n) is 5.00. The van der Waals surface area contributed by atoms with Crippen molar-refractivity contribution >= 4 is 27.3 Å². The third-order valence-corrected chi connectivity index (χ3v) is 4.69. The quantitative estimate of drug-likeness (QED) is 0.897. The molecule has 0 saturated carbocycles. The lowest BCUT2D eigenvalue weighted by molar-refractivity contribution is 0.0951. The second kappa shape index (κ2) is 6.35. The van der Waals surface area contributed by atoms with E-state index in [0.717, 1.165) is 43.0 Å². The van der Waals surface area contributed by atoms with E-state index >= 15 is 0 Å². The van der Waals surface area contributed by atoms with Crippen molar-refractivity contribution in [3.63, 3.8) is 0 Å². The van der Waals surface area contributed by atoms with Crippen molar-refractivity contribution in [1.82, 2.24) is 15.5 Å². The maximum atomic E-state index is 12.1. The first-order chi connectivity index (χ1) is 9.83. The topological polar surface area (TPSA) is 44.4 Å². The Hall–Kier alpha value is -1.43. The summed E-state index contributed by atoms with van der Waals surface area (Å²) in [5.41, 5.74) is 0. The Morgan fingerprint density at radius 3 is 2.90 bits per heavy atom. The molecule has 0 bridgehead atoms. The standard InChI is InChI=1S/C15H19N3OS/c19-15(17-7-10-18-8-5-16-6-9-18)14-11-12-3-1-2-4-13(12)20-14/h1-4,11,16H,5-10H2,(H,17,19). The number of amides is 1. The molecular weight excluding hydrogens is 270 g/mol. The molecule has 2 heterocycles. The van der Waals surface area contributed by atoms with Gasteiger partial charge in [-0.1, -0.05) is 18.2 Å². The lowest BCUT2D eigenvalue weighted by atomic mass is 10.2. The fourth-order valence-corrected chi connectivity index (χ4v) is 3.42. The van der Waals surface area contributed by atoms with E-state index < -0.39 is 0 Å². The average molecular weight is 289 g/mol. The molecule has 1 aromatic carbocycles. The number of thiophene rings is 1. The monoisotopic (exact) mass is 289 g/mol. The number of piperazine rings is 1. The van der Waals surface area contributed by atoms with Crippen LogP contribution in [0.3, 0.4) is 0 Å². The Morgan fingerprint density at radius 1 is 1.30 bits per heavy atom. The zero-order valence-electron chi connectivity index (χ0n) is 11.4. The molecule has 1 aliphatic rings. The summed E-state index contributed by atoms with van der Waals surface area (Å²) in [6, 6.07) is 10.1. The number of hydrogen-bond donors (Lipinski definition) is 2. The fraction of sp³-hybridized carbons (Fsp3) is 0.400. The van der Waals surface area contributed by atoms with Crippen molar-refractivity contribution < 1.29 is 4.79 Å². The van der Waals surface area contributed by atoms with Crippen molar-refractivity contribution in [3.8, 4) is 0 Å².